The van der Waals surface area contributed by atoms with Gasteiger partial charge in [0.05, 0.1) is 74.2 Å². The molecule has 3 saturated heterocycles. The molecular weight excluding hydrogens is 853 g/mol. The van der Waals surface area contributed by atoms with Crippen molar-refractivity contribution in [2.75, 3.05) is 19.8 Å². The van der Waals surface area contributed by atoms with Gasteiger partial charge in [0.25, 0.3) is 0 Å². The molecule has 8 rings (SSSR count). The summed E-state index contributed by atoms with van der Waals surface area (Å²) < 4.78 is 33.3. The highest BCUT2D eigenvalue weighted by molar-refractivity contribution is 5.76. The predicted octanol–water partition coefficient (Wildman–Crippen LogP) is 13.7. The summed E-state index contributed by atoms with van der Waals surface area (Å²) in [4.78, 5) is 36.2. The number of esters is 3. The molecule has 2 aliphatic carbocycles. The minimum absolute atomic E-state index is 0.0434. The molecule has 12 atom stereocenters. The van der Waals surface area contributed by atoms with Crippen LogP contribution in [0.25, 0.3) is 0 Å². The number of rotatable bonds is 28. The van der Waals surface area contributed by atoms with Crippen molar-refractivity contribution in [2.24, 2.45) is 47.3 Å². The standard InChI is InChI=1S/C20H34O3.C18H30O3.C14H22O3.C7H8/c1-3-4-5-6-7-8-9-10-11-12-15-22-20(21)19-16(2)17-13-14-18(19)23-17;1-3-4-5-6-7-8-9-10-13-20-18(19)17-14(2)15-11-12-16(17)21-15;1-3-4-5-6-9-16-14(15)13-10(2)11-7-8-12(13)17-11;1-2-7-4-3-6(1)5-7/h13-14,16-19H,3-12,15H2,1-2H3;11-12,14-17H,3-10,13H2,1-2H3;7-8,10-13H,3-6,9H2,1-2H3;1-4,6-7H,5H2. The molecule has 9 nitrogen and oxygen atoms in total. The van der Waals surface area contributed by atoms with Crippen LogP contribution < -0.4 is 0 Å². The second-order valence-corrected chi connectivity index (χ2v) is 21.1. The zero-order chi connectivity index (χ0) is 48.5. The van der Waals surface area contributed by atoms with E-state index in [2.05, 4.69) is 84.1 Å². The molecule has 68 heavy (non-hydrogen) atoms. The van der Waals surface area contributed by atoms with Crippen molar-refractivity contribution in [1.82, 2.24) is 0 Å². The highest BCUT2D eigenvalue weighted by atomic mass is 16.6. The van der Waals surface area contributed by atoms with E-state index in [1.54, 1.807) is 0 Å². The number of fused-ring (bicyclic) bond motifs is 8. The molecule has 0 aromatic carbocycles. The van der Waals surface area contributed by atoms with Crippen molar-refractivity contribution in [3.63, 3.8) is 0 Å². The summed E-state index contributed by atoms with van der Waals surface area (Å²) in [5.41, 5.74) is 0. The van der Waals surface area contributed by atoms with Gasteiger partial charge in [-0.15, -0.1) is 0 Å². The Morgan fingerprint density at radius 1 is 0.353 bits per heavy atom. The van der Waals surface area contributed by atoms with Gasteiger partial charge in [-0.1, -0.05) is 224 Å². The summed E-state index contributed by atoms with van der Waals surface area (Å²) in [6.45, 7) is 14.6. The number of unbranched alkanes of at least 4 members (excludes halogenated alkanes) is 19. The number of allylic oxidation sites excluding steroid dienone is 4. The normalized spacial score (nSPS) is 31.9. The van der Waals surface area contributed by atoms with Crippen LogP contribution in [0.2, 0.25) is 0 Å². The van der Waals surface area contributed by atoms with Gasteiger partial charge in [0.2, 0.25) is 0 Å². The number of hydrogen-bond donors (Lipinski definition) is 0. The van der Waals surface area contributed by atoms with E-state index in [4.69, 9.17) is 28.4 Å². The lowest BCUT2D eigenvalue weighted by atomic mass is 9.84. The van der Waals surface area contributed by atoms with Crippen molar-refractivity contribution in [2.45, 2.75) is 226 Å². The van der Waals surface area contributed by atoms with Crippen LogP contribution in [-0.2, 0) is 42.8 Å². The second kappa shape index (κ2) is 31.4. The lowest BCUT2D eigenvalue weighted by Gasteiger charge is -2.19. The van der Waals surface area contributed by atoms with Gasteiger partial charge in [-0.3, -0.25) is 14.4 Å². The van der Waals surface area contributed by atoms with E-state index < -0.39 is 0 Å². The average molecular weight is 947 g/mol. The first kappa shape index (κ1) is 55.9. The molecule has 384 valence electrons. The fraction of sp³-hybridized carbons (Fsp3) is 0.780. The molecule has 9 heteroatoms. The highest BCUT2D eigenvalue weighted by Gasteiger charge is 2.50. The van der Waals surface area contributed by atoms with Crippen LogP contribution in [-0.4, -0.2) is 74.4 Å². The van der Waals surface area contributed by atoms with Crippen LogP contribution in [0.5, 0.6) is 0 Å². The van der Waals surface area contributed by atoms with Gasteiger partial charge >= 0.3 is 17.9 Å². The van der Waals surface area contributed by atoms with E-state index in [0.717, 1.165) is 37.5 Å². The monoisotopic (exact) mass is 947 g/mol. The van der Waals surface area contributed by atoms with Gasteiger partial charge in [0.1, 0.15) is 0 Å². The Labute approximate surface area is 413 Å². The zero-order valence-corrected chi connectivity index (χ0v) is 43.4. The van der Waals surface area contributed by atoms with Crippen LogP contribution in [0, 0.1) is 47.3 Å². The molecule has 8 aliphatic rings. The molecule has 0 aromatic rings. The minimum atomic E-state index is -0.0897. The zero-order valence-electron chi connectivity index (χ0n) is 43.4. The van der Waals surface area contributed by atoms with Gasteiger partial charge in [0, 0.05) is 17.8 Å². The number of carbonyl (C=O) groups excluding carboxylic acids is 3. The topological polar surface area (TPSA) is 107 Å². The van der Waals surface area contributed by atoms with Gasteiger partial charge < -0.3 is 28.4 Å². The Bertz CT molecular complexity index is 1590. The Kier molecular flexibility index (Phi) is 25.8. The molecule has 0 N–H and O–H groups in total. The smallest absolute Gasteiger partial charge is 0.312 e. The summed E-state index contributed by atoms with van der Waals surface area (Å²) in [7, 11) is 0. The predicted molar refractivity (Wildman–Crippen MR) is 273 cm³/mol. The Morgan fingerprint density at radius 2 is 0.588 bits per heavy atom. The molecule has 12 unspecified atom stereocenters. The van der Waals surface area contributed by atoms with Crippen LogP contribution in [0.3, 0.4) is 0 Å². The number of carbonyl (C=O) groups is 3. The first-order valence-electron chi connectivity index (χ1n) is 28.0. The van der Waals surface area contributed by atoms with Gasteiger partial charge in [-0.05, 0) is 37.5 Å². The van der Waals surface area contributed by atoms with E-state index in [1.807, 2.05) is 18.2 Å². The maximum Gasteiger partial charge on any atom is 0.312 e. The number of ether oxygens (including phenoxy) is 6. The molecule has 8 bridgehead atoms. The van der Waals surface area contributed by atoms with Crippen molar-refractivity contribution in [1.29, 1.82) is 0 Å². The molecule has 0 amide bonds. The van der Waals surface area contributed by atoms with Crippen LogP contribution >= 0.6 is 0 Å². The SMILES string of the molecule is C1=CC2C=CC1C2.CCCCCCCCCCCCOC(=O)C1C2C=CC(O2)C1C.CCCCCCCCCCOC(=O)C1C2C=CC(O2)C1C.CCCCCCOC(=O)C1C2C=CC(O2)C1C. The molecular formula is C59H94O9. The fourth-order valence-corrected chi connectivity index (χ4v) is 11.0. The quantitative estimate of drug-likeness (QED) is 0.0328. The molecule has 0 radical (unpaired) electrons. The summed E-state index contributed by atoms with van der Waals surface area (Å²) in [6, 6.07) is 0. The Morgan fingerprint density at radius 3 is 0.809 bits per heavy atom. The van der Waals surface area contributed by atoms with E-state index in [9.17, 15) is 14.4 Å². The summed E-state index contributed by atoms with van der Waals surface area (Å²) in [5, 5.41) is 0. The van der Waals surface area contributed by atoms with Crippen LogP contribution in [0.1, 0.15) is 189 Å². The van der Waals surface area contributed by atoms with Crippen LogP contribution in [0.4, 0.5) is 0 Å². The Balaban J connectivity index is 0.000000178. The van der Waals surface area contributed by atoms with E-state index in [0.29, 0.717) is 19.8 Å². The second-order valence-electron chi connectivity index (χ2n) is 21.1. The van der Waals surface area contributed by atoms with Gasteiger partial charge in [-0.25, -0.2) is 0 Å². The van der Waals surface area contributed by atoms with Crippen molar-refractivity contribution in [3.05, 3.63) is 60.8 Å². The fourth-order valence-electron chi connectivity index (χ4n) is 11.0. The summed E-state index contributed by atoms with van der Waals surface area (Å²) in [6.07, 6.45) is 50.6. The summed E-state index contributed by atoms with van der Waals surface area (Å²) in [5.74, 6) is 1.91. The maximum absolute atomic E-state index is 12.2. The van der Waals surface area contributed by atoms with Crippen molar-refractivity contribution < 1.29 is 42.8 Å². The third-order valence-electron chi connectivity index (χ3n) is 15.5. The summed E-state index contributed by atoms with van der Waals surface area (Å²) >= 11 is 0. The first-order chi connectivity index (χ1) is 33.2. The first-order valence-corrected chi connectivity index (χ1v) is 28.0. The lowest BCUT2D eigenvalue weighted by molar-refractivity contribution is -0.151. The van der Waals surface area contributed by atoms with E-state index in [1.165, 1.54) is 122 Å². The molecule has 3 fully saturated rings. The highest BCUT2D eigenvalue weighted by Crippen LogP contribution is 2.41. The molecule has 0 saturated carbocycles. The molecule has 6 heterocycles. The van der Waals surface area contributed by atoms with Crippen LogP contribution in [0.15, 0.2) is 60.8 Å². The van der Waals surface area contributed by atoms with Gasteiger partial charge in [0.15, 0.2) is 0 Å². The molecule has 0 spiro atoms. The third-order valence-corrected chi connectivity index (χ3v) is 15.5. The third kappa shape index (κ3) is 17.7. The van der Waals surface area contributed by atoms with Gasteiger partial charge in [-0.2, -0.15) is 0 Å². The molecule has 0 aromatic heterocycles. The van der Waals surface area contributed by atoms with Crippen molar-refractivity contribution in [3.8, 4) is 0 Å². The lowest BCUT2D eigenvalue weighted by Crippen LogP contribution is -2.31. The molecule has 6 aliphatic heterocycles. The average Bonchev–Trinajstić information content (AvgIpc) is 4.22. The Hall–Kier alpha value is -3.01. The largest absolute Gasteiger partial charge is 0.465 e. The van der Waals surface area contributed by atoms with E-state index >= 15 is 0 Å². The van der Waals surface area contributed by atoms with E-state index in [-0.39, 0.29) is 90.0 Å². The van der Waals surface area contributed by atoms with Crippen molar-refractivity contribution >= 4 is 17.9 Å². The minimum Gasteiger partial charge on any atom is -0.465 e. The number of hydrogen-bond acceptors (Lipinski definition) is 9. The maximum atomic E-state index is 12.2.